The van der Waals surface area contributed by atoms with Crippen molar-refractivity contribution in [2.24, 2.45) is 0 Å². The smallest absolute Gasteiger partial charge is 0.0935 e. The largest absolute Gasteiger partial charge is 0.471 e. The predicted molar refractivity (Wildman–Crippen MR) is 193 cm³/mol. The van der Waals surface area contributed by atoms with Crippen molar-refractivity contribution in [3.63, 3.8) is 0 Å². The summed E-state index contributed by atoms with van der Waals surface area (Å²) in [5.41, 5.74) is 0. The average molecular weight is 616 g/mol. The van der Waals surface area contributed by atoms with E-state index in [2.05, 4.69) is 35.0 Å². The van der Waals surface area contributed by atoms with Gasteiger partial charge in [-0.3, -0.25) is 0 Å². The molecule has 0 bridgehead atoms. The Morgan fingerprint density at radius 3 is 1.07 bits per heavy atom. The van der Waals surface area contributed by atoms with E-state index in [0.717, 1.165) is 4.48 Å². The van der Waals surface area contributed by atoms with E-state index >= 15 is 0 Å². The summed E-state index contributed by atoms with van der Waals surface area (Å²) in [6, 6.07) is 0. The van der Waals surface area contributed by atoms with Gasteiger partial charge in [-0.15, -0.1) is 0 Å². The first-order valence-electron chi connectivity index (χ1n) is 18.8. The maximum Gasteiger partial charge on any atom is 0.0935 e. The van der Waals surface area contributed by atoms with Crippen LogP contribution < -0.4 is 0 Å². The topological polar surface area (TPSA) is 20.2 Å². The summed E-state index contributed by atoms with van der Waals surface area (Å²) in [4.78, 5) is 0. The van der Waals surface area contributed by atoms with E-state index < -0.39 is 0 Å². The third-order valence-corrected chi connectivity index (χ3v) is 12.4. The summed E-state index contributed by atoms with van der Waals surface area (Å²) >= 11 is 0. The van der Waals surface area contributed by atoms with Gasteiger partial charge in [0.25, 0.3) is 0 Å². The first-order chi connectivity index (χ1) is 19.9. The Kier molecular flexibility index (Phi) is 32.8. The lowest BCUT2D eigenvalue weighted by atomic mass is 10.0. The minimum absolute atomic E-state index is 0.120. The van der Waals surface area contributed by atoms with Gasteiger partial charge in [-0.2, -0.15) is 6.16 Å². The van der Waals surface area contributed by atoms with Gasteiger partial charge in [-0.05, 0) is 18.4 Å². The Morgan fingerprint density at radius 2 is 0.756 bits per heavy atom. The Hall–Kier alpha value is 0.780. The van der Waals surface area contributed by atoms with E-state index in [4.69, 9.17) is 0 Å². The van der Waals surface area contributed by atoms with E-state index in [1.165, 1.54) is 201 Å². The monoisotopic (exact) mass is 616 g/mol. The van der Waals surface area contributed by atoms with Gasteiger partial charge in [0, 0.05) is 0 Å². The number of aliphatic hydroxyl groups excluding tert-OH is 1. The van der Waals surface area contributed by atoms with Gasteiger partial charge >= 0.3 is 0 Å². The molecule has 0 fully saturated rings. The molecule has 41 heavy (non-hydrogen) atoms. The molecule has 0 aromatic carbocycles. The van der Waals surface area contributed by atoms with Crippen molar-refractivity contribution in [3.05, 3.63) is 0 Å². The van der Waals surface area contributed by atoms with E-state index in [1.807, 2.05) is 0 Å². The zero-order valence-corrected chi connectivity index (χ0v) is 31.1. The van der Waals surface area contributed by atoms with Crippen molar-refractivity contribution in [2.75, 3.05) is 33.5 Å². The summed E-state index contributed by atoms with van der Waals surface area (Å²) < 4.78 is 0.896. The maximum atomic E-state index is 11.1. The van der Waals surface area contributed by atoms with Crippen molar-refractivity contribution in [3.8, 4) is 0 Å². The van der Waals surface area contributed by atoms with E-state index in [0.29, 0.717) is 14.4 Å². The number of quaternary nitrogens is 1. The van der Waals surface area contributed by atoms with Gasteiger partial charge < -0.3 is 18.2 Å². The van der Waals surface area contributed by atoms with Gasteiger partial charge in [-0.1, -0.05) is 196 Å². The van der Waals surface area contributed by atoms with Crippen molar-refractivity contribution < 1.29 is 9.59 Å². The fraction of sp³-hybridized carbons (Fsp3) is 1.00. The van der Waals surface area contributed by atoms with Crippen LogP contribution >= 0.6 is 17.2 Å². The zero-order valence-electron chi connectivity index (χ0n) is 29.2. The van der Waals surface area contributed by atoms with Gasteiger partial charge in [0.2, 0.25) is 0 Å². The highest BCUT2D eigenvalue weighted by Crippen LogP contribution is 2.36. The Bertz CT molecular complexity index is 496. The predicted octanol–water partition coefficient (Wildman–Crippen LogP) is 12.9. The fourth-order valence-electron chi connectivity index (χ4n) is 5.97. The molecular formula is C37H79NOP2. The zero-order chi connectivity index (χ0) is 30.3. The van der Waals surface area contributed by atoms with Crippen LogP contribution in [0.3, 0.4) is 0 Å². The molecule has 0 aromatic rings. The van der Waals surface area contributed by atoms with Gasteiger partial charge in [0.15, 0.2) is 0 Å². The first-order valence-corrected chi connectivity index (χ1v) is 21.3. The molecule has 0 spiro atoms. The van der Waals surface area contributed by atoms with Gasteiger partial charge in [0.05, 0.1) is 27.0 Å². The second kappa shape index (κ2) is 32.2. The van der Waals surface area contributed by atoms with Crippen LogP contribution in [0, 0.1) is 0 Å². The third kappa shape index (κ3) is 30.6. The number of unbranched alkanes of at least 4 members (excludes halogenated alkanes) is 26. The summed E-state index contributed by atoms with van der Waals surface area (Å²) in [6.45, 7) is 4.60. The van der Waals surface area contributed by atoms with Crippen LogP contribution in [0.1, 0.15) is 194 Å². The molecule has 248 valence electrons. The number of hydrogen-bond donors (Lipinski definition) is 1. The quantitative estimate of drug-likeness (QED) is 0.0434. The molecule has 0 radical (unpaired) electrons. The molecular weight excluding hydrogens is 536 g/mol. The fourth-order valence-corrected chi connectivity index (χ4v) is 9.37. The van der Waals surface area contributed by atoms with E-state index in [-0.39, 0.29) is 5.85 Å². The normalized spacial score (nSPS) is 14.2. The average Bonchev–Trinajstić information content (AvgIpc) is 2.94. The van der Waals surface area contributed by atoms with Crippen LogP contribution in [-0.2, 0) is 0 Å². The molecule has 3 unspecified atom stereocenters. The van der Waals surface area contributed by atoms with Crippen molar-refractivity contribution in [1.82, 2.24) is 0 Å². The summed E-state index contributed by atoms with van der Waals surface area (Å²) in [5, 5.41) is 11.1. The van der Waals surface area contributed by atoms with E-state index in [1.54, 1.807) is 0 Å². The standard InChI is InChI=1S/C37H79NOP2/c1-6-8-10-12-14-16-18-20-22-24-26-28-30-32-34-40-36(38(3,4)5)37(39)41-35-33-31-29-27-25-23-21-19-17-15-13-11-9-7-2/h36-37,39,41H,6-35H2,1-5H3. The lowest BCUT2D eigenvalue weighted by Gasteiger charge is -2.46. The van der Waals surface area contributed by atoms with Gasteiger partial charge in [-0.25, -0.2) is 0 Å². The van der Waals surface area contributed by atoms with Crippen molar-refractivity contribution >= 4 is 17.2 Å². The molecule has 0 saturated heterocycles. The molecule has 0 aliphatic carbocycles. The Labute approximate surface area is 264 Å². The molecule has 0 rings (SSSR count). The lowest BCUT2D eigenvalue weighted by molar-refractivity contribution is -0.883. The van der Waals surface area contributed by atoms with Crippen LogP contribution in [0.4, 0.5) is 0 Å². The molecule has 4 heteroatoms. The maximum absolute atomic E-state index is 11.1. The molecule has 0 aliphatic heterocycles. The highest BCUT2D eigenvalue weighted by atomic mass is 31.1. The first kappa shape index (κ1) is 41.8. The SMILES string of the molecule is CCCCCCCCCCCCCCCC[P-]C(C(O)PCCCCCCCCCCCCCCCC)[N+](C)(C)C. The Morgan fingerprint density at radius 1 is 0.463 bits per heavy atom. The molecule has 0 saturated carbocycles. The molecule has 0 amide bonds. The number of rotatable bonds is 34. The second-order valence-corrected chi connectivity index (χ2v) is 16.9. The van der Waals surface area contributed by atoms with Crippen LogP contribution in [0.25, 0.3) is 0 Å². The Balaban J connectivity index is 3.64. The molecule has 1 N–H and O–H groups in total. The summed E-state index contributed by atoms with van der Waals surface area (Å²) in [6.07, 6.45) is 42.3. The highest BCUT2D eigenvalue weighted by Gasteiger charge is 2.22. The third-order valence-electron chi connectivity index (χ3n) is 8.79. The van der Waals surface area contributed by atoms with Crippen LogP contribution in [0.15, 0.2) is 0 Å². The molecule has 2 nitrogen and oxygen atoms in total. The second-order valence-electron chi connectivity index (χ2n) is 14.0. The minimum Gasteiger partial charge on any atom is -0.471 e. The number of likely N-dealkylation sites (N-methyl/N-ethyl adjacent to an activating group) is 1. The van der Waals surface area contributed by atoms with Crippen molar-refractivity contribution in [1.29, 1.82) is 0 Å². The number of hydrogen-bond acceptors (Lipinski definition) is 1. The molecule has 0 aliphatic rings. The van der Waals surface area contributed by atoms with Crippen molar-refractivity contribution in [2.45, 2.75) is 205 Å². The lowest BCUT2D eigenvalue weighted by Crippen LogP contribution is -2.47. The summed E-state index contributed by atoms with van der Waals surface area (Å²) in [5.74, 6) is 0.257. The van der Waals surface area contributed by atoms with Gasteiger partial charge in [0.1, 0.15) is 0 Å². The number of nitrogens with zero attached hydrogens (tertiary/aromatic N) is 1. The molecule has 3 atom stereocenters. The number of aliphatic hydroxyl groups is 1. The van der Waals surface area contributed by atoms with Crippen LogP contribution in [0.5, 0.6) is 0 Å². The summed E-state index contributed by atoms with van der Waals surface area (Å²) in [7, 11) is 9.03. The van der Waals surface area contributed by atoms with Crippen LogP contribution in [0.2, 0.25) is 0 Å². The van der Waals surface area contributed by atoms with E-state index in [9.17, 15) is 5.11 Å². The molecule has 0 heterocycles. The minimum atomic E-state index is -0.120. The highest BCUT2D eigenvalue weighted by molar-refractivity contribution is 7.43. The van der Waals surface area contributed by atoms with Crippen LogP contribution in [-0.4, -0.2) is 54.7 Å². The molecule has 0 aromatic heterocycles.